The Morgan fingerprint density at radius 1 is 1.04 bits per heavy atom. The average molecular weight is 354 g/mol. The summed E-state index contributed by atoms with van der Waals surface area (Å²) in [6, 6.07) is 11.0. The Balaban J connectivity index is 1.94. The molecule has 0 saturated heterocycles. The van der Waals surface area contributed by atoms with E-state index in [-0.39, 0.29) is 12.0 Å². The quantitative estimate of drug-likeness (QED) is 0.695. The molecule has 3 aromatic rings. The van der Waals surface area contributed by atoms with Gasteiger partial charge in [-0.15, -0.1) is 0 Å². The fourth-order valence-electron chi connectivity index (χ4n) is 2.75. The van der Waals surface area contributed by atoms with Crippen LogP contribution in [0.4, 0.5) is 5.69 Å². The summed E-state index contributed by atoms with van der Waals surface area (Å²) in [5, 5.41) is 3.67. The maximum absolute atomic E-state index is 12.8. The molecule has 1 amide bonds. The third kappa shape index (κ3) is 3.44. The van der Waals surface area contributed by atoms with Crippen LogP contribution in [0.25, 0.3) is 10.9 Å². The number of aromatic amines is 1. The van der Waals surface area contributed by atoms with E-state index in [1.165, 1.54) is 0 Å². The first kappa shape index (κ1) is 17.7. The van der Waals surface area contributed by atoms with E-state index in [9.17, 15) is 4.79 Å². The van der Waals surface area contributed by atoms with Crippen LogP contribution < -0.4 is 19.5 Å². The van der Waals surface area contributed by atoms with Gasteiger partial charge in [0.05, 0.1) is 37.1 Å². The summed E-state index contributed by atoms with van der Waals surface area (Å²) in [6.07, 6.45) is 1.68. The fourth-order valence-corrected chi connectivity index (χ4v) is 2.75. The van der Waals surface area contributed by atoms with Crippen LogP contribution in [-0.2, 0) is 0 Å². The van der Waals surface area contributed by atoms with Gasteiger partial charge >= 0.3 is 0 Å². The molecule has 2 aromatic carbocycles. The number of hydrogen-bond acceptors (Lipinski definition) is 4. The van der Waals surface area contributed by atoms with Crippen LogP contribution in [0.2, 0.25) is 0 Å². The van der Waals surface area contributed by atoms with Crippen molar-refractivity contribution in [3.05, 3.63) is 48.2 Å². The first-order valence-electron chi connectivity index (χ1n) is 8.33. The lowest BCUT2D eigenvalue weighted by atomic mass is 10.1. The maximum atomic E-state index is 12.8. The SMILES string of the molecule is COc1cc2[nH]cc(C(=O)Nc3ccccc3OC(C)C)c2cc1OC. The van der Waals surface area contributed by atoms with Crippen LogP contribution in [0, 0.1) is 0 Å². The smallest absolute Gasteiger partial charge is 0.257 e. The number of nitrogens with one attached hydrogen (secondary N) is 2. The second-order valence-corrected chi connectivity index (χ2v) is 6.07. The molecule has 1 heterocycles. The lowest BCUT2D eigenvalue weighted by Gasteiger charge is -2.14. The van der Waals surface area contributed by atoms with E-state index in [1.807, 2.05) is 38.1 Å². The van der Waals surface area contributed by atoms with Gasteiger partial charge in [-0.3, -0.25) is 4.79 Å². The minimum atomic E-state index is -0.233. The van der Waals surface area contributed by atoms with Gasteiger partial charge in [-0.25, -0.2) is 0 Å². The highest BCUT2D eigenvalue weighted by Crippen LogP contribution is 2.34. The van der Waals surface area contributed by atoms with E-state index in [1.54, 1.807) is 32.5 Å². The van der Waals surface area contributed by atoms with Gasteiger partial charge < -0.3 is 24.5 Å². The molecule has 6 heteroatoms. The molecule has 136 valence electrons. The number of carbonyl (C=O) groups is 1. The highest BCUT2D eigenvalue weighted by Gasteiger charge is 2.17. The molecular formula is C20H22N2O4. The third-order valence-corrected chi connectivity index (χ3v) is 3.93. The molecule has 0 bridgehead atoms. The number of anilines is 1. The summed E-state index contributed by atoms with van der Waals surface area (Å²) < 4.78 is 16.4. The molecule has 0 aliphatic heterocycles. The Morgan fingerprint density at radius 3 is 2.42 bits per heavy atom. The molecule has 1 aromatic heterocycles. The lowest BCUT2D eigenvalue weighted by Crippen LogP contribution is -2.14. The number of rotatable bonds is 6. The predicted octanol–water partition coefficient (Wildman–Crippen LogP) is 4.22. The number of H-pyrrole nitrogens is 1. The number of fused-ring (bicyclic) bond motifs is 1. The summed E-state index contributed by atoms with van der Waals surface area (Å²) in [5.74, 6) is 1.57. The summed E-state index contributed by atoms with van der Waals surface area (Å²) in [4.78, 5) is 15.9. The Labute approximate surface area is 152 Å². The van der Waals surface area contributed by atoms with Crippen molar-refractivity contribution in [2.24, 2.45) is 0 Å². The van der Waals surface area contributed by atoms with Gasteiger partial charge in [-0.2, -0.15) is 0 Å². The molecule has 0 aliphatic carbocycles. The van der Waals surface area contributed by atoms with Crippen molar-refractivity contribution >= 4 is 22.5 Å². The van der Waals surface area contributed by atoms with Crippen LogP contribution in [0.1, 0.15) is 24.2 Å². The molecule has 0 unspecified atom stereocenters. The van der Waals surface area contributed by atoms with Crippen molar-refractivity contribution in [3.63, 3.8) is 0 Å². The Bertz CT molecular complexity index is 931. The summed E-state index contributed by atoms with van der Waals surface area (Å²) in [7, 11) is 3.14. The van der Waals surface area contributed by atoms with Crippen LogP contribution in [0.15, 0.2) is 42.6 Å². The largest absolute Gasteiger partial charge is 0.493 e. The maximum Gasteiger partial charge on any atom is 0.257 e. The summed E-state index contributed by atoms with van der Waals surface area (Å²) >= 11 is 0. The summed E-state index contributed by atoms with van der Waals surface area (Å²) in [5.41, 5.74) is 1.93. The number of carbonyl (C=O) groups excluding carboxylic acids is 1. The Morgan fingerprint density at radius 2 is 1.73 bits per heavy atom. The zero-order valence-electron chi connectivity index (χ0n) is 15.3. The highest BCUT2D eigenvalue weighted by molar-refractivity contribution is 6.13. The minimum absolute atomic E-state index is 0.0119. The van der Waals surface area contributed by atoms with Gasteiger partial charge in [0.1, 0.15) is 5.75 Å². The van der Waals surface area contributed by atoms with Crippen molar-refractivity contribution in [1.82, 2.24) is 4.98 Å². The zero-order chi connectivity index (χ0) is 18.7. The van der Waals surface area contributed by atoms with Crippen molar-refractivity contribution in [2.45, 2.75) is 20.0 Å². The molecule has 0 fully saturated rings. The molecule has 0 saturated carbocycles. The molecule has 3 rings (SSSR count). The van der Waals surface area contributed by atoms with E-state index < -0.39 is 0 Å². The molecule has 26 heavy (non-hydrogen) atoms. The molecule has 0 aliphatic rings. The van der Waals surface area contributed by atoms with Gasteiger partial charge in [0.2, 0.25) is 0 Å². The van der Waals surface area contributed by atoms with E-state index in [4.69, 9.17) is 14.2 Å². The van der Waals surface area contributed by atoms with Crippen LogP contribution in [0.5, 0.6) is 17.2 Å². The normalized spacial score (nSPS) is 10.8. The Hall–Kier alpha value is -3.15. The average Bonchev–Trinajstić information content (AvgIpc) is 3.04. The third-order valence-electron chi connectivity index (χ3n) is 3.93. The van der Waals surface area contributed by atoms with E-state index in [2.05, 4.69) is 10.3 Å². The van der Waals surface area contributed by atoms with E-state index >= 15 is 0 Å². The van der Waals surface area contributed by atoms with Crippen molar-refractivity contribution < 1.29 is 19.0 Å². The van der Waals surface area contributed by atoms with Gasteiger partial charge in [-0.1, -0.05) is 12.1 Å². The summed E-state index contributed by atoms with van der Waals surface area (Å²) in [6.45, 7) is 3.88. The molecule has 6 nitrogen and oxygen atoms in total. The first-order valence-corrected chi connectivity index (χ1v) is 8.33. The number of ether oxygens (including phenoxy) is 3. The predicted molar refractivity (Wildman–Crippen MR) is 102 cm³/mol. The lowest BCUT2D eigenvalue weighted by molar-refractivity contribution is 0.102. The second kappa shape index (κ2) is 7.39. The van der Waals surface area contributed by atoms with Crippen LogP contribution >= 0.6 is 0 Å². The highest BCUT2D eigenvalue weighted by atomic mass is 16.5. The van der Waals surface area contributed by atoms with Crippen LogP contribution in [0.3, 0.4) is 0 Å². The minimum Gasteiger partial charge on any atom is -0.493 e. The van der Waals surface area contributed by atoms with Crippen molar-refractivity contribution in [1.29, 1.82) is 0 Å². The Kier molecular flexibility index (Phi) is 5.02. The fraction of sp³-hybridized carbons (Fsp3) is 0.250. The number of para-hydroxylation sites is 2. The van der Waals surface area contributed by atoms with Gasteiger partial charge in [0, 0.05) is 17.6 Å². The standard InChI is InChI=1S/C20H22N2O4/c1-12(2)26-17-8-6-5-7-15(17)22-20(23)14-11-21-16-10-19(25-4)18(24-3)9-13(14)16/h5-12,21H,1-4H3,(H,22,23). The number of amides is 1. The van der Waals surface area contributed by atoms with Crippen LogP contribution in [-0.4, -0.2) is 31.2 Å². The number of methoxy groups -OCH3 is 2. The van der Waals surface area contributed by atoms with Crippen molar-refractivity contribution in [2.75, 3.05) is 19.5 Å². The second-order valence-electron chi connectivity index (χ2n) is 6.07. The number of aromatic nitrogens is 1. The topological polar surface area (TPSA) is 72.6 Å². The zero-order valence-corrected chi connectivity index (χ0v) is 15.3. The monoisotopic (exact) mass is 354 g/mol. The van der Waals surface area contributed by atoms with Gasteiger partial charge in [0.15, 0.2) is 11.5 Å². The van der Waals surface area contributed by atoms with Gasteiger partial charge in [0.25, 0.3) is 5.91 Å². The molecule has 0 radical (unpaired) electrons. The number of benzene rings is 2. The number of hydrogen-bond donors (Lipinski definition) is 2. The van der Waals surface area contributed by atoms with E-state index in [0.717, 1.165) is 10.9 Å². The van der Waals surface area contributed by atoms with E-state index in [0.29, 0.717) is 28.5 Å². The molecule has 0 spiro atoms. The first-order chi connectivity index (χ1) is 12.5. The molecule has 2 N–H and O–H groups in total. The molecular weight excluding hydrogens is 332 g/mol. The molecule has 0 atom stereocenters. The van der Waals surface area contributed by atoms with Gasteiger partial charge in [-0.05, 0) is 32.0 Å². The van der Waals surface area contributed by atoms with Crippen molar-refractivity contribution in [3.8, 4) is 17.2 Å².